The molecule has 17 heavy (non-hydrogen) atoms. The van der Waals surface area contributed by atoms with Crippen molar-refractivity contribution in [1.82, 2.24) is 10.6 Å². The molecule has 2 saturated heterocycles. The van der Waals surface area contributed by atoms with E-state index in [2.05, 4.69) is 10.6 Å². The van der Waals surface area contributed by atoms with Crippen molar-refractivity contribution in [3.05, 3.63) is 0 Å². The third-order valence-corrected chi connectivity index (χ3v) is 3.13. The van der Waals surface area contributed by atoms with Crippen LogP contribution < -0.4 is 10.6 Å². The van der Waals surface area contributed by atoms with Crippen LogP contribution in [0.5, 0.6) is 0 Å². The van der Waals surface area contributed by atoms with Crippen LogP contribution in [0.2, 0.25) is 0 Å². The first kappa shape index (κ1) is 12.8. The molecule has 2 aliphatic rings. The van der Waals surface area contributed by atoms with Gasteiger partial charge >= 0.3 is 0 Å². The number of rotatable bonds is 4. The smallest absolute Gasteiger partial charge is 0.237 e. The Bertz CT molecular complexity index is 256. The van der Waals surface area contributed by atoms with Crippen LogP contribution in [0.1, 0.15) is 6.42 Å². The quantitative estimate of drug-likeness (QED) is 0.656. The largest absolute Gasteiger partial charge is 0.380 e. The van der Waals surface area contributed by atoms with Crippen molar-refractivity contribution >= 4 is 5.91 Å². The molecule has 6 heteroatoms. The monoisotopic (exact) mass is 244 g/mol. The number of nitrogens with one attached hydrogen (secondary N) is 2. The van der Waals surface area contributed by atoms with E-state index in [0.29, 0.717) is 26.4 Å². The average molecular weight is 244 g/mol. The molecule has 2 aliphatic heterocycles. The van der Waals surface area contributed by atoms with Gasteiger partial charge in [0.2, 0.25) is 5.91 Å². The second-order valence-electron chi connectivity index (χ2n) is 4.37. The summed E-state index contributed by atoms with van der Waals surface area (Å²) < 4.78 is 15.9. The highest BCUT2D eigenvalue weighted by molar-refractivity contribution is 5.82. The Morgan fingerprint density at radius 1 is 1.53 bits per heavy atom. The minimum absolute atomic E-state index is 0.0127. The molecule has 0 bridgehead atoms. The Kier molecular flexibility index (Phi) is 4.73. The standard InChI is InChI=1S/C11H20N2O4/c1-15-8-4-10(12-5-8)11(14)13-6-9-7-16-2-3-17-9/h8-10,12H,2-7H2,1H3,(H,13,14). The topological polar surface area (TPSA) is 68.8 Å². The summed E-state index contributed by atoms with van der Waals surface area (Å²) >= 11 is 0. The van der Waals surface area contributed by atoms with E-state index < -0.39 is 0 Å². The molecule has 0 aromatic carbocycles. The summed E-state index contributed by atoms with van der Waals surface area (Å²) in [5.74, 6) is 0.0127. The third-order valence-electron chi connectivity index (χ3n) is 3.13. The molecular weight excluding hydrogens is 224 g/mol. The summed E-state index contributed by atoms with van der Waals surface area (Å²) in [6.07, 6.45) is 0.844. The maximum Gasteiger partial charge on any atom is 0.237 e. The molecule has 98 valence electrons. The van der Waals surface area contributed by atoms with Crippen molar-refractivity contribution in [3.63, 3.8) is 0 Å². The van der Waals surface area contributed by atoms with Gasteiger partial charge in [0.1, 0.15) is 0 Å². The molecule has 1 amide bonds. The maximum atomic E-state index is 11.8. The van der Waals surface area contributed by atoms with E-state index in [1.165, 1.54) is 0 Å². The summed E-state index contributed by atoms with van der Waals surface area (Å²) in [7, 11) is 1.67. The number of amides is 1. The molecule has 0 aromatic rings. The van der Waals surface area contributed by atoms with E-state index in [9.17, 15) is 4.79 Å². The second kappa shape index (κ2) is 6.30. The number of carbonyl (C=O) groups excluding carboxylic acids is 1. The molecule has 2 N–H and O–H groups in total. The second-order valence-corrected chi connectivity index (χ2v) is 4.37. The first-order chi connectivity index (χ1) is 8.29. The minimum atomic E-state index is -0.149. The number of hydrogen-bond donors (Lipinski definition) is 2. The summed E-state index contributed by atoms with van der Waals surface area (Å²) in [6, 6.07) is -0.149. The summed E-state index contributed by atoms with van der Waals surface area (Å²) in [6.45, 7) is 3.05. The van der Waals surface area contributed by atoms with Gasteiger partial charge in [-0.2, -0.15) is 0 Å². The Labute approximate surface area is 101 Å². The van der Waals surface area contributed by atoms with E-state index >= 15 is 0 Å². The van der Waals surface area contributed by atoms with Crippen LogP contribution in [0.15, 0.2) is 0 Å². The lowest BCUT2D eigenvalue weighted by Gasteiger charge is -2.23. The number of methoxy groups -OCH3 is 1. The average Bonchev–Trinajstić information content (AvgIpc) is 2.86. The first-order valence-corrected chi connectivity index (χ1v) is 6.03. The van der Waals surface area contributed by atoms with Gasteiger partial charge in [-0.15, -0.1) is 0 Å². The maximum absolute atomic E-state index is 11.8. The lowest BCUT2D eigenvalue weighted by molar-refractivity contribution is -0.125. The van der Waals surface area contributed by atoms with Crippen molar-refractivity contribution in [3.8, 4) is 0 Å². The molecule has 2 heterocycles. The Morgan fingerprint density at radius 2 is 2.41 bits per heavy atom. The number of ether oxygens (including phenoxy) is 3. The molecular formula is C11H20N2O4. The molecule has 0 radical (unpaired) electrons. The third kappa shape index (κ3) is 3.64. The van der Waals surface area contributed by atoms with Crippen molar-refractivity contribution in [2.45, 2.75) is 24.7 Å². The van der Waals surface area contributed by atoms with E-state index in [4.69, 9.17) is 14.2 Å². The van der Waals surface area contributed by atoms with Gasteiger partial charge in [0.05, 0.1) is 38.1 Å². The van der Waals surface area contributed by atoms with Crippen molar-refractivity contribution in [2.75, 3.05) is 40.0 Å². The Hall–Kier alpha value is -0.690. The highest BCUT2D eigenvalue weighted by atomic mass is 16.6. The predicted molar refractivity (Wildman–Crippen MR) is 60.8 cm³/mol. The lowest BCUT2D eigenvalue weighted by atomic mass is 10.2. The van der Waals surface area contributed by atoms with Crippen LogP contribution in [0.3, 0.4) is 0 Å². The molecule has 0 spiro atoms. The van der Waals surface area contributed by atoms with E-state index in [1.54, 1.807) is 7.11 Å². The number of hydrogen-bond acceptors (Lipinski definition) is 5. The molecule has 2 rings (SSSR count). The van der Waals surface area contributed by atoms with Gasteiger partial charge in [-0.3, -0.25) is 4.79 Å². The lowest BCUT2D eigenvalue weighted by Crippen LogP contribution is -2.45. The van der Waals surface area contributed by atoms with Crippen molar-refractivity contribution in [1.29, 1.82) is 0 Å². The zero-order valence-electron chi connectivity index (χ0n) is 10.1. The predicted octanol–water partition coefficient (Wildman–Crippen LogP) is -1.11. The zero-order chi connectivity index (χ0) is 12.1. The van der Waals surface area contributed by atoms with Crippen LogP contribution >= 0.6 is 0 Å². The highest BCUT2D eigenvalue weighted by Crippen LogP contribution is 2.09. The Balaban J connectivity index is 1.66. The van der Waals surface area contributed by atoms with Crippen molar-refractivity contribution in [2.24, 2.45) is 0 Å². The van der Waals surface area contributed by atoms with Gasteiger partial charge in [0.15, 0.2) is 0 Å². The van der Waals surface area contributed by atoms with E-state index in [-0.39, 0.29) is 24.2 Å². The first-order valence-electron chi connectivity index (χ1n) is 6.03. The van der Waals surface area contributed by atoms with E-state index in [1.807, 2.05) is 0 Å². The molecule has 0 aromatic heterocycles. The fourth-order valence-corrected chi connectivity index (χ4v) is 2.07. The minimum Gasteiger partial charge on any atom is -0.380 e. The van der Waals surface area contributed by atoms with Gasteiger partial charge in [-0.05, 0) is 6.42 Å². The highest BCUT2D eigenvalue weighted by Gasteiger charge is 2.29. The molecule has 0 saturated carbocycles. The van der Waals surface area contributed by atoms with Crippen LogP contribution in [-0.2, 0) is 19.0 Å². The molecule has 0 aliphatic carbocycles. The van der Waals surface area contributed by atoms with Gasteiger partial charge in [0, 0.05) is 20.2 Å². The molecule has 3 atom stereocenters. The normalized spacial score (nSPS) is 33.6. The zero-order valence-corrected chi connectivity index (χ0v) is 10.1. The molecule has 3 unspecified atom stereocenters. The van der Waals surface area contributed by atoms with Crippen LogP contribution in [-0.4, -0.2) is 64.2 Å². The number of carbonyl (C=O) groups is 1. The van der Waals surface area contributed by atoms with Crippen LogP contribution in [0.25, 0.3) is 0 Å². The summed E-state index contributed by atoms with van der Waals surface area (Å²) in [5, 5.41) is 6.01. The Morgan fingerprint density at radius 3 is 3.06 bits per heavy atom. The summed E-state index contributed by atoms with van der Waals surface area (Å²) in [5.41, 5.74) is 0. The molecule has 2 fully saturated rings. The van der Waals surface area contributed by atoms with Gasteiger partial charge < -0.3 is 24.8 Å². The van der Waals surface area contributed by atoms with Crippen LogP contribution in [0.4, 0.5) is 0 Å². The molecule has 6 nitrogen and oxygen atoms in total. The fourth-order valence-electron chi connectivity index (χ4n) is 2.07. The van der Waals surface area contributed by atoms with Crippen LogP contribution in [0, 0.1) is 0 Å². The SMILES string of the molecule is COC1CNC(C(=O)NCC2COCCO2)C1. The summed E-state index contributed by atoms with van der Waals surface area (Å²) in [4.78, 5) is 11.8. The van der Waals surface area contributed by atoms with E-state index in [0.717, 1.165) is 13.0 Å². The van der Waals surface area contributed by atoms with Gasteiger partial charge in [-0.1, -0.05) is 0 Å². The van der Waals surface area contributed by atoms with Gasteiger partial charge in [0.25, 0.3) is 0 Å². The van der Waals surface area contributed by atoms with Gasteiger partial charge in [-0.25, -0.2) is 0 Å². The van der Waals surface area contributed by atoms with Crippen molar-refractivity contribution < 1.29 is 19.0 Å². The fraction of sp³-hybridized carbons (Fsp3) is 0.909.